The molecule has 0 unspecified atom stereocenters. The molecule has 190 valence electrons. The van der Waals surface area contributed by atoms with Crippen molar-refractivity contribution in [3.8, 4) is 0 Å². The number of benzene rings is 2. The summed E-state index contributed by atoms with van der Waals surface area (Å²) >= 11 is 6.30. The van der Waals surface area contributed by atoms with Gasteiger partial charge in [0, 0.05) is 39.3 Å². The van der Waals surface area contributed by atoms with Crippen molar-refractivity contribution < 1.29 is 21.6 Å². The summed E-state index contributed by atoms with van der Waals surface area (Å²) in [6.07, 6.45) is 3.63. The highest BCUT2D eigenvalue weighted by atomic mass is 35.5. The van der Waals surface area contributed by atoms with Crippen molar-refractivity contribution >= 4 is 37.6 Å². The predicted octanol–water partition coefficient (Wildman–Crippen LogP) is 3.36. The number of piperazine rings is 1. The highest BCUT2D eigenvalue weighted by Gasteiger charge is 2.32. The topological polar surface area (TPSA) is 95.1 Å². The molecule has 0 atom stereocenters. The molecule has 2 aromatic rings. The van der Waals surface area contributed by atoms with Crippen molar-refractivity contribution in [2.24, 2.45) is 0 Å². The zero-order chi connectivity index (χ0) is 25.2. The van der Waals surface area contributed by atoms with E-state index in [1.54, 1.807) is 24.3 Å². The highest BCUT2D eigenvalue weighted by Crippen LogP contribution is 2.27. The number of halogens is 1. The molecule has 2 heterocycles. The van der Waals surface area contributed by atoms with Crippen LogP contribution in [0.1, 0.15) is 41.6 Å². The van der Waals surface area contributed by atoms with E-state index in [1.807, 2.05) is 6.92 Å². The minimum Gasteiger partial charge on any atom is -0.336 e. The molecule has 2 aliphatic rings. The van der Waals surface area contributed by atoms with E-state index >= 15 is 0 Å². The first kappa shape index (κ1) is 26.1. The molecule has 11 heteroatoms. The number of amides is 1. The molecule has 2 aromatic carbocycles. The lowest BCUT2D eigenvalue weighted by Gasteiger charge is -2.34. The van der Waals surface area contributed by atoms with Gasteiger partial charge in [0.25, 0.3) is 5.91 Å². The average Bonchev–Trinajstić information content (AvgIpc) is 3.14. The Hall–Kier alpha value is -1.98. The molecule has 2 saturated heterocycles. The van der Waals surface area contributed by atoms with Gasteiger partial charge in [-0.05, 0) is 50.1 Å². The maximum absolute atomic E-state index is 13.3. The normalized spacial score (nSPS) is 18.9. The van der Waals surface area contributed by atoms with Gasteiger partial charge in [-0.15, -0.1) is 0 Å². The lowest BCUT2D eigenvalue weighted by molar-refractivity contribution is 0.0698. The van der Waals surface area contributed by atoms with Crippen LogP contribution in [-0.4, -0.2) is 75.5 Å². The first-order valence-corrected chi connectivity index (χ1v) is 15.0. The van der Waals surface area contributed by atoms with Crippen LogP contribution in [0.5, 0.6) is 0 Å². The summed E-state index contributed by atoms with van der Waals surface area (Å²) in [4.78, 5) is 15.0. The summed E-state index contributed by atoms with van der Waals surface area (Å²) in [5.41, 5.74) is 1.08. The van der Waals surface area contributed by atoms with E-state index in [9.17, 15) is 21.6 Å². The van der Waals surface area contributed by atoms with Crippen molar-refractivity contribution in [3.63, 3.8) is 0 Å². The Kier molecular flexibility index (Phi) is 7.87. The Morgan fingerprint density at radius 1 is 0.714 bits per heavy atom. The highest BCUT2D eigenvalue weighted by molar-refractivity contribution is 7.89. The fraction of sp³-hybridized carbons (Fsp3) is 0.458. The van der Waals surface area contributed by atoms with Gasteiger partial charge in [0.15, 0.2) is 0 Å². The van der Waals surface area contributed by atoms with Crippen LogP contribution in [0.3, 0.4) is 0 Å². The quantitative estimate of drug-likeness (QED) is 0.580. The number of aryl methyl sites for hydroxylation is 1. The average molecular weight is 540 g/mol. The third kappa shape index (κ3) is 5.56. The molecule has 35 heavy (non-hydrogen) atoms. The predicted molar refractivity (Wildman–Crippen MR) is 135 cm³/mol. The lowest BCUT2D eigenvalue weighted by atomic mass is 10.2. The Morgan fingerprint density at radius 2 is 1.23 bits per heavy atom. The number of carbonyl (C=O) groups is 1. The Morgan fingerprint density at radius 3 is 1.83 bits per heavy atom. The summed E-state index contributed by atoms with van der Waals surface area (Å²) in [7, 11) is -7.39. The second kappa shape index (κ2) is 10.6. The van der Waals surface area contributed by atoms with Gasteiger partial charge < -0.3 is 4.90 Å². The molecule has 4 rings (SSSR count). The molecule has 0 radical (unpaired) electrons. The van der Waals surface area contributed by atoms with E-state index in [0.717, 1.165) is 31.2 Å². The standard InChI is InChI=1S/C24H30ClN3O5S2/c1-19-6-8-20(9-7-19)34(30,31)28-16-14-26(15-17-28)24(29)22-18-21(10-11-23(22)25)35(32,33)27-12-4-2-3-5-13-27/h6-11,18H,2-5,12-17H2,1H3. The molecule has 0 saturated carbocycles. The van der Waals surface area contributed by atoms with Gasteiger partial charge in [0.2, 0.25) is 20.0 Å². The van der Waals surface area contributed by atoms with Crippen LogP contribution in [0, 0.1) is 6.92 Å². The molecule has 8 nitrogen and oxygen atoms in total. The summed E-state index contributed by atoms with van der Waals surface area (Å²) < 4.78 is 55.2. The summed E-state index contributed by atoms with van der Waals surface area (Å²) in [6.45, 7) is 3.47. The van der Waals surface area contributed by atoms with Crippen molar-refractivity contribution in [2.75, 3.05) is 39.3 Å². The van der Waals surface area contributed by atoms with Crippen LogP contribution in [-0.2, 0) is 20.0 Å². The van der Waals surface area contributed by atoms with Crippen LogP contribution >= 0.6 is 11.6 Å². The van der Waals surface area contributed by atoms with Crippen molar-refractivity contribution in [1.29, 1.82) is 0 Å². The Labute approximate surface area is 212 Å². The van der Waals surface area contributed by atoms with E-state index in [2.05, 4.69) is 0 Å². The fourth-order valence-corrected chi connectivity index (χ4v) is 7.59. The third-order valence-corrected chi connectivity index (χ3v) is 10.7. The summed E-state index contributed by atoms with van der Waals surface area (Å²) in [5, 5.41) is 0.166. The molecule has 0 aromatic heterocycles. The van der Waals surface area contributed by atoms with Crippen molar-refractivity contribution in [2.45, 2.75) is 42.4 Å². The molecule has 0 N–H and O–H groups in total. The lowest BCUT2D eigenvalue weighted by Crippen LogP contribution is -2.50. The first-order chi connectivity index (χ1) is 16.6. The monoisotopic (exact) mass is 539 g/mol. The van der Waals surface area contributed by atoms with E-state index < -0.39 is 26.0 Å². The number of carbonyl (C=O) groups excluding carboxylic acids is 1. The smallest absolute Gasteiger partial charge is 0.255 e. The number of nitrogens with zero attached hydrogens (tertiary/aromatic N) is 3. The van der Waals surface area contributed by atoms with Crippen LogP contribution in [0.2, 0.25) is 5.02 Å². The molecule has 2 aliphatic heterocycles. The molecular weight excluding hydrogens is 510 g/mol. The van der Waals surface area contributed by atoms with Gasteiger partial charge in [0.1, 0.15) is 0 Å². The largest absolute Gasteiger partial charge is 0.336 e. The summed E-state index contributed by atoms with van der Waals surface area (Å²) in [6, 6.07) is 10.9. The Balaban J connectivity index is 1.49. The van der Waals surface area contributed by atoms with Crippen LogP contribution in [0.4, 0.5) is 0 Å². The molecular formula is C24H30ClN3O5S2. The fourth-order valence-electron chi connectivity index (χ4n) is 4.42. The molecule has 1 amide bonds. The zero-order valence-electron chi connectivity index (χ0n) is 19.7. The van der Waals surface area contributed by atoms with Gasteiger partial charge >= 0.3 is 0 Å². The second-order valence-electron chi connectivity index (χ2n) is 8.97. The van der Waals surface area contributed by atoms with Crippen LogP contribution in [0.15, 0.2) is 52.3 Å². The van der Waals surface area contributed by atoms with E-state index in [1.165, 1.54) is 31.7 Å². The maximum atomic E-state index is 13.3. The number of sulfonamides is 2. The van der Waals surface area contributed by atoms with Crippen molar-refractivity contribution in [3.05, 3.63) is 58.6 Å². The second-order valence-corrected chi connectivity index (χ2v) is 13.3. The minimum atomic E-state index is -3.73. The molecule has 0 spiro atoms. The number of hydrogen-bond donors (Lipinski definition) is 0. The molecule has 0 aliphatic carbocycles. The molecule has 2 fully saturated rings. The summed E-state index contributed by atoms with van der Waals surface area (Å²) in [5.74, 6) is -0.407. The van der Waals surface area contributed by atoms with Gasteiger partial charge in [-0.3, -0.25) is 4.79 Å². The van der Waals surface area contributed by atoms with Gasteiger partial charge in [-0.25, -0.2) is 16.8 Å². The van der Waals surface area contributed by atoms with Gasteiger partial charge in [-0.2, -0.15) is 8.61 Å². The third-order valence-electron chi connectivity index (χ3n) is 6.56. The number of hydrogen-bond acceptors (Lipinski definition) is 5. The van der Waals surface area contributed by atoms with Crippen LogP contribution < -0.4 is 0 Å². The SMILES string of the molecule is Cc1ccc(S(=O)(=O)N2CCN(C(=O)c3cc(S(=O)(=O)N4CCCCCC4)ccc3Cl)CC2)cc1. The van der Waals surface area contributed by atoms with Gasteiger partial charge in [-0.1, -0.05) is 42.1 Å². The van der Waals surface area contributed by atoms with Crippen molar-refractivity contribution in [1.82, 2.24) is 13.5 Å². The number of rotatable bonds is 5. The van der Waals surface area contributed by atoms with Gasteiger partial charge in [0.05, 0.1) is 20.4 Å². The van der Waals surface area contributed by atoms with E-state index in [-0.39, 0.29) is 46.6 Å². The molecule has 0 bridgehead atoms. The first-order valence-electron chi connectivity index (χ1n) is 11.8. The van der Waals surface area contributed by atoms with E-state index in [4.69, 9.17) is 11.6 Å². The Bertz CT molecular complexity index is 1280. The van der Waals surface area contributed by atoms with Crippen LogP contribution in [0.25, 0.3) is 0 Å². The minimum absolute atomic E-state index is 0.0488. The van der Waals surface area contributed by atoms with E-state index in [0.29, 0.717) is 13.1 Å². The maximum Gasteiger partial charge on any atom is 0.255 e. The zero-order valence-corrected chi connectivity index (χ0v) is 22.1.